The third-order valence-electron chi connectivity index (χ3n) is 6.28. The molecule has 0 saturated carbocycles. The predicted octanol–water partition coefficient (Wildman–Crippen LogP) is 6.49. The van der Waals surface area contributed by atoms with Gasteiger partial charge in [-0.05, 0) is 47.4 Å². The average Bonchev–Trinajstić information content (AvgIpc) is 3.35. The first-order valence-electron chi connectivity index (χ1n) is 11.1. The highest BCUT2D eigenvalue weighted by Gasteiger charge is 2.35. The molecule has 1 atom stereocenters. The van der Waals surface area contributed by atoms with Gasteiger partial charge in [0.15, 0.2) is 0 Å². The third-order valence-corrected chi connectivity index (χ3v) is 6.77. The maximum atomic E-state index is 12.9. The van der Waals surface area contributed by atoms with E-state index in [1.165, 1.54) is 11.1 Å². The van der Waals surface area contributed by atoms with Gasteiger partial charge in [0.1, 0.15) is 5.82 Å². The van der Waals surface area contributed by atoms with Crippen molar-refractivity contribution in [2.75, 3.05) is 11.4 Å². The lowest BCUT2D eigenvalue weighted by molar-refractivity contribution is -0.117. The molecule has 5 rings (SSSR count). The van der Waals surface area contributed by atoms with E-state index in [-0.39, 0.29) is 11.8 Å². The molecule has 2 heterocycles. The highest BCUT2D eigenvalue weighted by atomic mass is 79.9. The Bertz CT molecular complexity index is 1280. The molecular weight excluding hydrogens is 462 g/mol. The van der Waals surface area contributed by atoms with Crippen molar-refractivity contribution < 1.29 is 4.79 Å². The highest BCUT2D eigenvalue weighted by Crippen LogP contribution is 2.34. The summed E-state index contributed by atoms with van der Waals surface area (Å²) in [5, 5.41) is 0. The fourth-order valence-electron chi connectivity index (χ4n) is 4.54. The van der Waals surface area contributed by atoms with Crippen LogP contribution in [0, 0.1) is 0 Å². The summed E-state index contributed by atoms with van der Waals surface area (Å²) in [5.74, 6) is 1.71. The number of carbonyl (C=O) groups excluding carboxylic acids is 1. The lowest BCUT2D eigenvalue weighted by Crippen LogP contribution is -2.24. The average molecular weight is 488 g/mol. The van der Waals surface area contributed by atoms with E-state index in [2.05, 4.69) is 76.8 Å². The summed E-state index contributed by atoms with van der Waals surface area (Å²) in [6, 6.07) is 25.0. The number of imidazole rings is 1. The number of amides is 1. The molecule has 32 heavy (non-hydrogen) atoms. The molecule has 1 saturated heterocycles. The topological polar surface area (TPSA) is 38.1 Å². The molecule has 1 aliphatic rings. The molecule has 0 aliphatic carbocycles. The maximum absolute atomic E-state index is 12.9. The van der Waals surface area contributed by atoms with Gasteiger partial charge in [0, 0.05) is 35.6 Å². The number of hydrogen-bond acceptors (Lipinski definition) is 2. The molecule has 1 aliphatic heterocycles. The number of fused-ring (bicyclic) bond motifs is 1. The molecule has 1 fully saturated rings. The molecule has 0 bridgehead atoms. The van der Waals surface area contributed by atoms with Crippen LogP contribution in [0.4, 0.5) is 5.69 Å². The second-order valence-electron chi connectivity index (χ2n) is 8.83. The Morgan fingerprint density at radius 2 is 1.81 bits per heavy atom. The van der Waals surface area contributed by atoms with Gasteiger partial charge in [-0.25, -0.2) is 4.98 Å². The fraction of sp³-hybridized carbons (Fsp3) is 0.259. The van der Waals surface area contributed by atoms with Gasteiger partial charge in [-0.1, -0.05) is 72.2 Å². The zero-order valence-corrected chi connectivity index (χ0v) is 19.9. The quantitative estimate of drug-likeness (QED) is 0.322. The summed E-state index contributed by atoms with van der Waals surface area (Å²) in [6.07, 6.45) is 0.474. The van der Waals surface area contributed by atoms with Crippen LogP contribution in [0.2, 0.25) is 0 Å². The predicted molar refractivity (Wildman–Crippen MR) is 133 cm³/mol. The van der Waals surface area contributed by atoms with Crippen LogP contribution in [0.15, 0.2) is 77.3 Å². The largest absolute Gasteiger partial charge is 0.323 e. The highest BCUT2D eigenvalue weighted by molar-refractivity contribution is 9.10. The van der Waals surface area contributed by atoms with Crippen LogP contribution in [0.1, 0.15) is 49.1 Å². The SMILES string of the molecule is CC(C)c1ccc(Cn2c(C3CC(=O)N(c4cccc(Br)c4)C3)nc3ccccc32)cc1. The van der Waals surface area contributed by atoms with Crippen molar-refractivity contribution in [1.82, 2.24) is 9.55 Å². The van der Waals surface area contributed by atoms with Crippen LogP contribution in [-0.2, 0) is 11.3 Å². The number of hydrogen-bond donors (Lipinski definition) is 0. The number of rotatable bonds is 5. The number of carbonyl (C=O) groups is 1. The third kappa shape index (κ3) is 3.97. The fourth-order valence-corrected chi connectivity index (χ4v) is 4.92. The van der Waals surface area contributed by atoms with Crippen molar-refractivity contribution in [3.8, 4) is 0 Å². The molecule has 4 aromatic rings. The van der Waals surface area contributed by atoms with E-state index in [9.17, 15) is 4.79 Å². The number of aromatic nitrogens is 2. The monoisotopic (exact) mass is 487 g/mol. The Hall–Kier alpha value is -2.92. The van der Waals surface area contributed by atoms with Gasteiger partial charge in [0.25, 0.3) is 0 Å². The summed E-state index contributed by atoms with van der Waals surface area (Å²) in [6.45, 7) is 5.82. The van der Waals surface area contributed by atoms with Gasteiger partial charge >= 0.3 is 0 Å². The van der Waals surface area contributed by atoms with Gasteiger partial charge in [-0.3, -0.25) is 4.79 Å². The second kappa shape index (κ2) is 8.55. The minimum Gasteiger partial charge on any atom is -0.323 e. The summed E-state index contributed by atoms with van der Waals surface area (Å²) >= 11 is 3.52. The molecule has 1 amide bonds. The number of benzene rings is 3. The van der Waals surface area contributed by atoms with E-state index in [1.807, 2.05) is 35.2 Å². The summed E-state index contributed by atoms with van der Waals surface area (Å²) in [4.78, 5) is 19.8. The molecule has 0 spiro atoms. The van der Waals surface area contributed by atoms with Gasteiger partial charge in [-0.15, -0.1) is 0 Å². The van der Waals surface area contributed by atoms with Crippen molar-refractivity contribution in [2.24, 2.45) is 0 Å². The molecule has 5 heteroatoms. The minimum atomic E-state index is 0.0591. The van der Waals surface area contributed by atoms with Crippen LogP contribution < -0.4 is 4.90 Å². The standard InChI is InChI=1S/C27H26BrN3O/c1-18(2)20-12-10-19(11-13-20)16-31-25-9-4-3-8-24(25)29-27(31)21-14-26(32)30(17-21)23-7-5-6-22(28)15-23/h3-13,15,18,21H,14,16-17H2,1-2H3. The van der Waals surface area contributed by atoms with Gasteiger partial charge < -0.3 is 9.47 Å². The van der Waals surface area contributed by atoms with E-state index < -0.39 is 0 Å². The Kier molecular flexibility index (Phi) is 5.60. The van der Waals surface area contributed by atoms with Crippen molar-refractivity contribution in [2.45, 2.75) is 38.6 Å². The zero-order valence-electron chi connectivity index (χ0n) is 18.3. The minimum absolute atomic E-state index is 0.0591. The van der Waals surface area contributed by atoms with E-state index in [4.69, 9.17) is 4.98 Å². The Balaban J connectivity index is 1.50. The summed E-state index contributed by atoms with van der Waals surface area (Å²) in [7, 11) is 0. The van der Waals surface area contributed by atoms with Gasteiger partial charge in [-0.2, -0.15) is 0 Å². The molecule has 4 nitrogen and oxygen atoms in total. The maximum Gasteiger partial charge on any atom is 0.227 e. The first kappa shape index (κ1) is 21.0. The van der Waals surface area contributed by atoms with E-state index in [1.54, 1.807) is 0 Å². The summed E-state index contributed by atoms with van der Waals surface area (Å²) in [5.41, 5.74) is 5.61. The lowest BCUT2D eigenvalue weighted by Gasteiger charge is -2.18. The first-order chi connectivity index (χ1) is 15.5. The number of nitrogens with zero attached hydrogens (tertiary/aromatic N) is 3. The zero-order chi connectivity index (χ0) is 22.2. The molecule has 1 unspecified atom stereocenters. The van der Waals surface area contributed by atoms with E-state index >= 15 is 0 Å². The van der Waals surface area contributed by atoms with Crippen LogP contribution in [-0.4, -0.2) is 22.0 Å². The smallest absolute Gasteiger partial charge is 0.227 e. The number of anilines is 1. The molecule has 3 aromatic carbocycles. The van der Waals surface area contributed by atoms with Crippen LogP contribution >= 0.6 is 15.9 Å². The van der Waals surface area contributed by atoms with Crippen LogP contribution in [0.3, 0.4) is 0 Å². The van der Waals surface area contributed by atoms with E-state index in [0.717, 1.165) is 33.6 Å². The van der Waals surface area contributed by atoms with Crippen molar-refractivity contribution in [3.05, 3.63) is 94.2 Å². The van der Waals surface area contributed by atoms with Crippen molar-refractivity contribution in [3.63, 3.8) is 0 Å². The van der Waals surface area contributed by atoms with Crippen molar-refractivity contribution in [1.29, 1.82) is 0 Å². The molecule has 0 N–H and O–H groups in total. The normalized spacial score (nSPS) is 16.4. The molecule has 1 aromatic heterocycles. The van der Waals surface area contributed by atoms with Crippen LogP contribution in [0.25, 0.3) is 11.0 Å². The summed E-state index contributed by atoms with van der Waals surface area (Å²) < 4.78 is 3.27. The number of para-hydroxylation sites is 2. The van der Waals surface area contributed by atoms with Crippen molar-refractivity contribution >= 4 is 38.6 Å². The number of halogens is 1. The van der Waals surface area contributed by atoms with Crippen LogP contribution in [0.5, 0.6) is 0 Å². The van der Waals surface area contributed by atoms with Gasteiger partial charge in [0.2, 0.25) is 5.91 Å². The Labute approximate surface area is 197 Å². The van der Waals surface area contributed by atoms with Gasteiger partial charge in [0.05, 0.1) is 11.0 Å². The Morgan fingerprint density at radius 3 is 2.56 bits per heavy atom. The lowest BCUT2D eigenvalue weighted by atomic mass is 10.0. The second-order valence-corrected chi connectivity index (χ2v) is 9.74. The first-order valence-corrected chi connectivity index (χ1v) is 11.9. The molecule has 162 valence electrons. The Morgan fingerprint density at radius 1 is 1.03 bits per heavy atom. The molecular formula is C27H26BrN3O. The molecule has 0 radical (unpaired) electrons. The van der Waals surface area contributed by atoms with E-state index in [0.29, 0.717) is 18.9 Å².